The first-order valence-corrected chi connectivity index (χ1v) is 6.39. The van der Waals surface area contributed by atoms with E-state index >= 15 is 0 Å². The van der Waals surface area contributed by atoms with Crippen molar-refractivity contribution >= 4 is 28.0 Å². The average molecular weight is 280 g/mol. The molecule has 104 valence electrons. The molecule has 0 atom stereocenters. The highest BCUT2D eigenvalue weighted by Gasteiger charge is 2.12. The minimum Gasteiger partial charge on any atom is -0.357 e. The highest BCUT2D eigenvalue weighted by atomic mass is 16.6. The molecule has 0 radical (unpaired) electrons. The van der Waals surface area contributed by atoms with Crippen molar-refractivity contribution in [1.29, 1.82) is 0 Å². The minimum absolute atomic E-state index is 0.0567. The van der Waals surface area contributed by atoms with Crippen LogP contribution in [0.1, 0.15) is 5.69 Å². The zero-order valence-electron chi connectivity index (χ0n) is 11.3. The van der Waals surface area contributed by atoms with Crippen LogP contribution in [0, 0.1) is 17.0 Å². The van der Waals surface area contributed by atoms with Crippen molar-refractivity contribution in [3.05, 3.63) is 64.3 Å². The SMILES string of the molecule is Cc1[nH]c2ccccc2c1N=Nc1ccccc1[N+](=O)[O-]. The van der Waals surface area contributed by atoms with E-state index in [1.807, 2.05) is 31.2 Å². The highest BCUT2D eigenvalue weighted by molar-refractivity contribution is 5.92. The molecule has 0 saturated heterocycles. The lowest BCUT2D eigenvalue weighted by Gasteiger charge is -1.96. The molecule has 6 nitrogen and oxygen atoms in total. The van der Waals surface area contributed by atoms with Crippen LogP contribution in [0.15, 0.2) is 58.8 Å². The smallest absolute Gasteiger partial charge is 0.296 e. The third kappa shape index (κ3) is 2.38. The molecule has 0 bridgehead atoms. The number of aromatic amines is 1. The summed E-state index contributed by atoms with van der Waals surface area (Å²) < 4.78 is 0. The number of rotatable bonds is 3. The van der Waals surface area contributed by atoms with Crippen LogP contribution >= 0.6 is 0 Å². The fourth-order valence-corrected chi connectivity index (χ4v) is 2.20. The number of fused-ring (bicyclic) bond motifs is 1. The number of azo groups is 1. The quantitative estimate of drug-likeness (QED) is 0.424. The molecule has 1 N–H and O–H groups in total. The molecule has 0 fully saturated rings. The van der Waals surface area contributed by atoms with Gasteiger partial charge in [0.1, 0.15) is 5.69 Å². The van der Waals surface area contributed by atoms with E-state index in [9.17, 15) is 10.1 Å². The third-order valence-electron chi connectivity index (χ3n) is 3.20. The van der Waals surface area contributed by atoms with Crippen LogP contribution < -0.4 is 0 Å². The maximum atomic E-state index is 11.0. The molecule has 0 aliphatic heterocycles. The van der Waals surface area contributed by atoms with Gasteiger partial charge in [-0.3, -0.25) is 10.1 Å². The summed E-state index contributed by atoms with van der Waals surface area (Å²) in [6.07, 6.45) is 0. The highest BCUT2D eigenvalue weighted by Crippen LogP contribution is 2.33. The van der Waals surface area contributed by atoms with Gasteiger partial charge in [0.05, 0.1) is 4.92 Å². The van der Waals surface area contributed by atoms with Gasteiger partial charge in [0.2, 0.25) is 0 Å². The Bertz CT molecular complexity index is 852. The van der Waals surface area contributed by atoms with E-state index in [-0.39, 0.29) is 11.4 Å². The van der Waals surface area contributed by atoms with Gasteiger partial charge in [-0.05, 0) is 19.1 Å². The average Bonchev–Trinajstić information content (AvgIpc) is 2.81. The molecular formula is C15H12N4O2. The Morgan fingerprint density at radius 1 is 1.05 bits per heavy atom. The topological polar surface area (TPSA) is 83.6 Å². The Hall–Kier alpha value is -3.02. The summed E-state index contributed by atoms with van der Waals surface area (Å²) in [4.78, 5) is 13.7. The van der Waals surface area contributed by atoms with E-state index in [0.29, 0.717) is 5.69 Å². The molecule has 0 unspecified atom stereocenters. The summed E-state index contributed by atoms with van der Waals surface area (Å²) in [7, 11) is 0. The van der Waals surface area contributed by atoms with Gasteiger partial charge in [0, 0.05) is 22.7 Å². The van der Waals surface area contributed by atoms with Gasteiger partial charge in [0.25, 0.3) is 5.69 Å². The normalized spacial score (nSPS) is 11.3. The van der Waals surface area contributed by atoms with Crippen LogP contribution in [-0.2, 0) is 0 Å². The number of nitro benzene ring substituents is 1. The number of benzene rings is 2. The zero-order chi connectivity index (χ0) is 14.8. The molecular weight excluding hydrogens is 268 g/mol. The van der Waals surface area contributed by atoms with E-state index in [1.165, 1.54) is 6.07 Å². The lowest BCUT2D eigenvalue weighted by atomic mass is 10.2. The van der Waals surface area contributed by atoms with Crippen molar-refractivity contribution in [1.82, 2.24) is 4.98 Å². The molecule has 21 heavy (non-hydrogen) atoms. The second kappa shape index (κ2) is 5.16. The Balaban J connectivity index is 2.07. The van der Waals surface area contributed by atoms with Gasteiger partial charge in [-0.1, -0.05) is 30.3 Å². The van der Waals surface area contributed by atoms with Crippen LogP contribution in [0.5, 0.6) is 0 Å². The second-order valence-corrected chi connectivity index (χ2v) is 4.59. The molecule has 2 aromatic carbocycles. The number of nitro groups is 1. The van der Waals surface area contributed by atoms with Gasteiger partial charge < -0.3 is 4.98 Å². The molecule has 1 aromatic heterocycles. The van der Waals surface area contributed by atoms with Crippen molar-refractivity contribution in [3.8, 4) is 0 Å². The summed E-state index contributed by atoms with van der Waals surface area (Å²) >= 11 is 0. The van der Waals surface area contributed by atoms with Crippen molar-refractivity contribution in [3.63, 3.8) is 0 Å². The third-order valence-corrected chi connectivity index (χ3v) is 3.20. The summed E-state index contributed by atoms with van der Waals surface area (Å²) in [5.74, 6) is 0. The van der Waals surface area contributed by atoms with Gasteiger partial charge in [-0.2, -0.15) is 0 Å². The van der Waals surface area contributed by atoms with Gasteiger partial charge in [0.15, 0.2) is 5.69 Å². The summed E-state index contributed by atoms with van der Waals surface area (Å²) in [5.41, 5.74) is 2.72. The number of aromatic nitrogens is 1. The first-order chi connectivity index (χ1) is 10.2. The number of H-pyrrole nitrogens is 1. The van der Waals surface area contributed by atoms with Crippen LogP contribution in [0.25, 0.3) is 10.9 Å². The van der Waals surface area contributed by atoms with E-state index in [2.05, 4.69) is 15.2 Å². The maximum absolute atomic E-state index is 11.0. The predicted octanol–water partition coefficient (Wildman–Crippen LogP) is 4.80. The van der Waals surface area contributed by atoms with Gasteiger partial charge in [-0.15, -0.1) is 10.2 Å². The number of nitrogens with zero attached hydrogens (tertiary/aromatic N) is 3. The number of para-hydroxylation sites is 2. The molecule has 3 aromatic rings. The Labute approximate surface area is 120 Å². The number of hydrogen-bond donors (Lipinski definition) is 1. The summed E-state index contributed by atoms with van der Waals surface area (Å²) in [6, 6.07) is 14.0. The Morgan fingerprint density at radius 2 is 1.76 bits per heavy atom. The minimum atomic E-state index is -0.462. The van der Waals surface area contributed by atoms with Crippen LogP contribution in [-0.4, -0.2) is 9.91 Å². The molecule has 3 rings (SSSR count). The van der Waals surface area contributed by atoms with E-state index in [1.54, 1.807) is 18.2 Å². The summed E-state index contributed by atoms with van der Waals surface area (Å²) in [6.45, 7) is 1.90. The molecule has 6 heteroatoms. The molecule has 1 heterocycles. The monoisotopic (exact) mass is 280 g/mol. The molecule has 0 spiro atoms. The fourth-order valence-electron chi connectivity index (χ4n) is 2.20. The van der Waals surface area contributed by atoms with Crippen molar-refractivity contribution < 1.29 is 4.92 Å². The van der Waals surface area contributed by atoms with Crippen LogP contribution in [0.3, 0.4) is 0 Å². The number of nitrogens with one attached hydrogen (secondary N) is 1. The largest absolute Gasteiger partial charge is 0.357 e. The lowest BCUT2D eigenvalue weighted by Crippen LogP contribution is -1.87. The Kier molecular flexibility index (Phi) is 3.19. The second-order valence-electron chi connectivity index (χ2n) is 4.59. The lowest BCUT2D eigenvalue weighted by molar-refractivity contribution is -0.384. The van der Waals surface area contributed by atoms with Crippen molar-refractivity contribution in [2.75, 3.05) is 0 Å². The van der Waals surface area contributed by atoms with Crippen molar-refractivity contribution in [2.45, 2.75) is 6.92 Å². The first kappa shape index (κ1) is 13.0. The van der Waals surface area contributed by atoms with Crippen LogP contribution in [0.4, 0.5) is 17.1 Å². The first-order valence-electron chi connectivity index (χ1n) is 6.39. The van der Waals surface area contributed by atoms with Gasteiger partial charge >= 0.3 is 0 Å². The standard InChI is InChI=1S/C15H12N4O2/c1-10-15(11-6-2-3-7-12(11)16-10)18-17-13-8-4-5-9-14(13)19(20)21/h2-9,16H,1H3. The molecule has 0 saturated carbocycles. The summed E-state index contributed by atoms with van der Waals surface area (Å²) in [5, 5.41) is 20.1. The van der Waals surface area contributed by atoms with Gasteiger partial charge in [-0.25, -0.2) is 0 Å². The van der Waals surface area contributed by atoms with E-state index in [0.717, 1.165) is 16.6 Å². The molecule has 0 aliphatic rings. The van der Waals surface area contributed by atoms with Crippen LogP contribution in [0.2, 0.25) is 0 Å². The van der Waals surface area contributed by atoms with Crippen molar-refractivity contribution in [2.24, 2.45) is 10.2 Å². The molecule has 0 amide bonds. The number of aryl methyl sites for hydroxylation is 1. The molecule has 0 aliphatic carbocycles. The maximum Gasteiger partial charge on any atom is 0.296 e. The van der Waals surface area contributed by atoms with E-state index < -0.39 is 4.92 Å². The zero-order valence-corrected chi connectivity index (χ0v) is 11.3. The van der Waals surface area contributed by atoms with E-state index in [4.69, 9.17) is 0 Å². The number of hydrogen-bond acceptors (Lipinski definition) is 4. The Morgan fingerprint density at radius 3 is 2.57 bits per heavy atom. The predicted molar refractivity (Wildman–Crippen MR) is 80.3 cm³/mol. The fraction of sp³-hybridized carbons (Fsp3) is 0.0667.